The molecule has 1 aromatic heterocycles. The van der Waals surface area contributed by atoms with E-state index in [1.807, 2.05) is 26.0 Å². The van der Waals surface area contributed by atoms with Crippen molar-refractivity contribution in [3.63, 3.8) is 0 Å². The molecule has 1 saturated heterocycles. The van der Waals surface area contributed by atoms with Gasteiger partial charge in [-0.3, -0.25) is 4.79 Å². The number of nitrogens with zero attached hydrogens (tertiary/aromatic N) is 2. The molecule has 6 nitrogen and oxygen atoms in total. The molecule has 1 amide bonds. The highest BCUT2D eigenvalue weighted by Gasteiger charge is 2.33. The van der Waals surface area contributed by atoms with Crippen molar-refractivity contribution in [2.75, 3.05) is 26.3 Å². The zero-order valence-corrected chi connectivity index (χ0v) is 16.4. The number of hydrogen-bond acceptors (Lipinski definition) is 5. The average molecular weight is 421 g/mol. The quantitative estimate of drug-likeness (QED) is 0.685. The number of amides is 1. The molecule has 138 valence electrons. The first-order valence-corrected chi connectivity index (χ1v) is 9.37. The van der Waals surface area contributed by atoms with Crippen LogP contribution in [0.2, 0.25) is 0 Å². The number of likely N-dealkylation sites (tertiary alicyclic amines) is 1. The van der Waals surface area contributed by atoms with Gasteiger partial charge < -0.3 is 19.1 Å². The summed E-state index contributed by atoms with van der Waals surface area (Å²) in [5.41, 5.74) is 0.578. The zero-order chi connectivity index (χ0) is 18.5. The number of benzene rings is 1. The van der Waals surface area contributed by atoms with Gasteiger partial charge in [0.2, 0.25) is 5.88 Å². The topological polar surface area (TPSA) is 60.9 Å². The van der Waals surface area contributed by atoms with E-state index in [1.54, 1.807) is 29.3 Å². The molecule has 7 heteroatoms. The standard InChI is InChI=1S/C19H21BrN2O4/c1-3-24-16-8-7-13(10-17(16)25-4-2)19(23)22-11-14(12-22)26-18-15(20)6-5-9-21-18/h5-10,14H,3-4,11-12H2,1-2H3. The normalized spacial score (nSPS) is 13.9. The fourth-order valence-electron chi connectivity index (χ4n) is 2.66. The van der Waals surface area contributed by atoms with Gasteiger partial charge in [0, 0.05) is 11.8 Å². The summed E-state index contributed by atoms with van der Waals surface area (Å²) in [5.74, 6) is 1.74. The third-order valence-corrected chi connectivity index (χ3v) is 4.53. The van der Waals surface area contributed by atoms with Crippen LogP contribution in [-0.4, -0.2) is 48.2 Å². The van der Waals surface area contributed by atoms with Gasteiger partial charge in [0.1, 0.15) is 6.10 Å². The molecule has 0 unspecified atom stereocenters. The van der Waals surface area contributed by atoms with E-state index >= 15 is 0 Å². The summed E-state index contributed by atoms with van der Waals surface area (Å²) >= 11 is 3.41. The smallest absolute Gasteiger partial charge is 0.254 e. The van der Waals surface area contributed by atoms with Crippen LogP contribution in [0.3, 0.4) is 0 Å². The van der Waals surface area contributed by atoms with Gasteiger partial charge in [0.05, 0.1) is 30.8 Å². The van der Waals surface area contributed by atoms with Crippen LogP contribution < -0.4 is 14.2 Å². The van der Waals surface area contributed by atoms with Gasteiger partial charge in [-0.15, -0.1) is 0 Å². The van der Waals surface area contributed by atoms with Gasteiger partial charge >= 0.3 is 0 Å². The summed E-state index contributed by atoms with van der Waals surface area (Å²) in [7, 11) is 0. The van der Waals surface area contributed by atoms with Crippen LogP contribution in [-0.2, 0) is 0 Å². The van der Waals surface area contributed by atoms with Gasteiger partial charge in [-0.25, -0.2) is 4.98 Å². The fourth-order valence-corrected chi connectivity index (χ4v) is 3.01. The molecule has 1 aliphatic heterocycles. The van der Waals surface area contributed by atoms with Crippen LogP contribution in [0.1, 0.15) is 24.2 Å². The van der Waals surface area contributed by atoms with E-state index in [4.69, 9.17) is 14.2 Å². The van der Waals surface area contributed by atoms with Crippen LogP contribution in [0.4, 0.5) is 0 Å². The molecule has 1 fully saturated rings. The molecule has 0 spiro atoms. The molecule has 2 aromatic rings. The molecule has 0 bridgehead atoms. The minimum Gasteiger partial charge on any atom is -0.490 e. The van der Waals surface area contributed by atoms with Crippen LogP contribution in [0.25, 0.3) is 0 Å². The third kappa shape index (κ3) is 4.09. The average Bonchev–Trinajstić information content (AvgIpc) is 2.60. The minimum atomic E-state index is -0.0563. The van der Waals surface area contributed by atoms with E-state index in [2.05, 4.69) is 20.9 Å². The molecule has 0 radical (unpaired) electrons. The Kier molecular flexibility index (Phi) is 5.98. The molecular weight excluding hydrogens is 400 g/mol. The van der Waals surface area contributed by atoms with Crippen molar-refractivity contribution < 1.29 is 19.0 Å². The highest BCUT2D eigenvalue weighted by Crippen LogP contribution is 2.30. The summed E-state index contributed by atoms with van der Waals surface area (Å²) in [6.45, 7) is 5.92. The lowest BCUT2D eigenvalue weighted by molar-refractivity contribution is 0.0156. The monoisotopic (exact) mass is 420 g/mol. The first-order chi connectivity index (χ1) is 12.6. The fraction of sp³-hybridized carbons (Fsp3) is 0.368. The Morgan fingerprint density at radius 1 is 1.19 bits per heavy atom. The molecule has 0 saturated carbocycles. The van der Waals surface area contributed by atoms with E-state index < -0.39 is 0 Å². The number of halogens is 1. The van der Waals surface area contributed by atoms with Gasteiger partial charge in [0.15, 0.2) is 11.5 Å². The maximum absolute atomic E-state index is 12.7. The summed E-state index contributed by atoms with van der Waals surface area (Å²) in [6, 6.07) is 8.98. The molecule has 2 heterocycles. The van der Waals surface area contributed by atoms with Crippen LogP contribution in [0.5, 0.6) is 17.4 Å². The Bertz CT molecular complexity index is 778. The van der Waals surface area contributed by atoms with E-state index in [9.17, 15) is 4.79 Å². The molecule has 26 heavy (non-hydrogen) atoms. The first-order valence-electron chi connectivity index (χ1n) is 8.58. The lowest BCUT2D eigenvalue weighted by atomic mass is 10.1. The van der Waals surface area contributed by atoms with Gasteiger partial charge in [0.25, 0.3) is 5.91 Å². The van der Waals surface area contributed by atoms with Crippen molar-refractivity contribution in [2.24, 2.45) is 0 Å². The van der Waals surface area contributed by atoms with Crippen molar-refractivity contribution in [3.05, 3.63) is 46.6 Å². The second-order valence-electron chi connectivity index (χ2n) is 5.77. The second-order valence-corrected chi connectivity index (χ2v) is 6.62. The predicted octanol–water partition coefficient (Wildman–Crippen LogP) is 3.54. The summed E-state index contributed by atoms with van der Waals surface area (Å²) in [6.07, 6.45) is 1.62. The van der Waals surface area contributed by atoms with E-state index in [-0.39, 0.29) is 12.0 Å². The molecule has 0 N–H and O–H groups in total. The van der Waals surface area contributed by atoms with E-state index in [0.717, 1.165) is 4.47 Å². The maximum Gasteiger partial charge on any atom is 0.254 e. The van der Waals surface area contributed by atoms with Gasteiger partial charge in [-0.05, 0) is 60.1 Å². The van der Waals surface area contributed by atoms with Crippen molar-refractivity contribution in [3.8, 4) is 17.4 Å². The number of hydrogen-bond donors (Lipinski definition) is 0. The lowest BCUT2D eigenvalue weighted by Crippen LogP contribution is -2.56. The van der Waals surface area contributed by atoms with Crippen LogP contribution in [0, 0.1) is 0 Å². The minimum absolute atomic E-state index is 0.0473. The SMILES string of the molecule is CCOc1ccc(C(=O)N2CC(Oc3ncccc3Br)C2)cc1OCC. The Morgan fingerprint density at radius 3 is 2.62 bits per heavy atom. The number of ether oxygens (including phenoxy) is 3. The number of carbonyl (C=O) groups excluding carboxylic acids is 1. The Labute approximate surface area is 161 Å². The number of rotatable bonds is 7. The lowest BCUT2D eigenvalue weighted by Gasteiger charge is -2.38. The molecule has 1 aromatic carbocycles. The number of carbonyl (C=O) groups is 1. The van der Waals surface area contributed by atoms with Crippen LogP contribution in [0.15, 0.2) is 41.0 Å². The molecule has 3 rings (SSSR count). The number of pyridine rings is 1. The first kappa shape index (κ1) is 18.5. The Balaban J connectivity index is 1.62. The van der Waals surface area contributed by atoms with Crippen LogP contribution >= 0.6 is 15.9 Å². The molecule has 0 atom stereocenters. The molecule has 1 aliphatic rings. The predicted molar refractivity (Wildman–Crippen MR) is 101 cm³/mol. The highest BCUT2D eigenvalue weighted by atomic mass is 79.9. The van der Waals surface area contributed by atoms with Gasteiger partial charge in [-0.2, -0.15) is 0 Å². The molecular formula is C19H21BrN2O4. The molecule has 0 aliphatic carbocycles. The van der Waals surface area contributed by atoms with Crippen molar-refractivity contribution in [2.45, 2.75) is 20.0 Å². The van der Waals surface area contributed by atoms with E-state index in [1.165, 1.54) is 0 Å². The second kappa shape index (κ2) is 8.40. The van der Waals surface area contributed by atoms with Crippen molar-refractivity contribution in [1.82, 2.24) is 9.88 Å². The summed E-state index contributed by atoms with van der Waals surface area (Å²) in [5, 5.41) is 0. The summed E-state index contributed by atoms with van der Waals surface area (Å²) in [4.78, 5) is 18.6. The Morgan fingerprint density at radius 2 is 1.92 bits per heavy atom. The van der Waals surface area contributed by atoms with Crippen molar-refractivity contribution >= 4 is 21.8 Å². The highest BCUT2D eigenvalue weighted by molar-refractivity contribution is 9.10. The van der Waals surface area contributed by atoms with Crippen molar-refractivity contribution in [1.29, 1.82) is 0 Å². The third-order valence-electron chi connectivity index (χ3n) is 3.93. The zero-order valence-electron chi connectivity index (χ0n) is 14.8. The Hall–Kier alpha value is -2.28. The summed E-state index contributed by atoms with van der Waals surface area (Å²) < 4.78 is 17.7. The largest absolute Gasteiger partial charge is 0.490 e. The maximum atomic E-state index is 12.7. The van der Waals surface area contributed by atoms with E-state index in [0.29, 0.717) is 49.2 Å². The van der Waals surface area contributed by atoms with Gasteiger partial charge in [-0.1, -0.05) is 0 Å². The number of aromatic nitrogens is 1.